The lowest BCUT2D eigenvalue weighted by atomic mass is 10.1. The van der Waals surface area contributed by atoms with E-state index in [1.54, 1.807) is 18.3 Å². The molecule has 0 amide bonds. The molecule has 0 aliphatic heterocycles. The summed E-state index contributed by atoms with van der Waals surface area (Å²) in [6.07, 6.45) is 0.349. The number of aliphatic hydroxyl groups is 1. The molecule has 5 heteroatoms. The average Bonchev–Trinajstić information content (AvgIpc) is 2.74. The van der Waals surface area contributed by atoms with Crippen molar-refractivity contribution in [3.05, 3.63) is 30.0 Å². The average molecular weight is 206 g/mol. The first-order valence-corrected chi connectivity index (χ1v) is 4.42. The number of H-pyrrole nitrogens is 1. The number of para-hydroxylation sites is 1. The van der Waals surface area contributed by atoms with Gasteiger partial charge in [0.15, 0.2) is 6.10 Å². The van der Waals surface area contributed by atoms with Crippen molar-refractivity contribution in [3.63, 3.8) is 0 Å². The van der Waals surface area contributed by atoms with Gasteiger partial charge in [0.05, 0.1) is 18.8 Å². The Morgan fingerprint density at radius 1 is 1.60 bits per heavy atom. The predicted octanol–water partition coefficient (Wildman–Crippen LogP) is 0.769. The van der Waals surface area contributed by atoms with Crippen LogP contribution in [0.4, 0.5) is 0 Å². The van der Waals surface area contributed by atoms with Gasteiger partial charge in [-0.1, -0.05) is 18.2 Å². The Kier molecular flexibility index (Phi) is 2.39. The molecule has 2 N–H and O–H groups in total. The molecule has 1 aromatic heterocycles. The number of fused-ring (bicyclic) bond motifs is 1. The molecule has 0 aliphatic rings. The molecule has 0 saturated carbocycles. The van der Waals surface area contributed by atoms with Crippen molar-refractivity contribution in [2.24, 2.45) is 0 Å². The lowest BCUT2D eigenvalue weighted by Gasteiger charge is -2.08. The molecule has 1 atom stereocenters. The number of hydrogen-bond donors (Lipinski definition) is 2. The first kappa shape index (κ1) is 9.67. The second-order valence-corrected chi connectivity index (χ2v) is 3.11. The van der Waals surface area contributed by atoms with Crippen LogP contribution in [0.1, 0.15) is 11.7 Å². The van der Waals surface area contributed by atoms with Crippen LogP contribution in [0.2, 0.25) is 0 Å². The molecule has 2 rings (SSSR count). The van der Waals surface area contributed by atoms with Gasteiger partial charge in [-0.25, -0.2) is 4.79 Å². The molecule has 0 fully saturated rings. The number of aliphatic hydroxyl groups excluding tert-OH is 1. The highest BCUT2D eigenvalue weighted by Crippen LogP contribution is 2.22. The number of hydrogen-bond acceptors (Lipinski definition) is 4. The number of benzene rings is 1. The number of carbonyl (C=O) groups excluding carboxylic acids is 1. The van der Waals surface area contributed by atoms with Crippen molar-refractivity contribution >= 4 is 16.9 Å². The summed E-state index contributed by atoms with van der Waals surface area (Å²) in [4.78, 5) is 11.2. The monoisotopic (exact) mass is 206 g/mol. The van der Waals surface area contributed by atoms with E-state index in [0.717, 1.165) is 5.39 Å². The highest BCUT2D eigenvalue weighted by molar-refractivity contribution is 5.87. The van der Waals surface area contributed by atoms with E-state index in [2.05, 4.69) is 14.9 Å². The molecule has 1 aromatic carbocycles. The molecule has 0 bridgehead atoms. The molecule has 2 aromatic rings. The Hall–Kier alpha value is -1.88. The highest BCUT2D eigenvalue weighted by Gasteiger charge is 2.20. The van der Waals surface area contributed by atoms with Crippen LogP contribution in [0.5, 0.6) is 0 Å². The van der Waals surface area contributed by atoms with Crippen LogP contribution in [-0.2, 0) is 9.53 Å². The summed E-state index contributed by atoms with van der Waals surface area (Å²) in [6.45, 7) is 0. The second-order valence-electron chi connectivity index (χ2n) is 3.11. The summed E-state index contributed by atoms with van der Waals surface area (Å²) in [5, 5.41) is 17.1. The molecule has 0 saturated heterocycles. The van der Waals surface area contributed by atoms with Gasteiger partial charge in [0, 0.05) is 10.9 Å². The van der Waals surface area contributed by atoms with Crippen LogP contribution in [0.3, 0.4) is 0 Å². The van der Waals surface area contributed by atoms with Crippen molar-refractivity contribution < 1.29 is 14.6 Å². The largest absolute Gasteiger partial charge is 0.467 e. The Morgan fingerprint density at radius 3 is 3.13 bits per heavy atom. The van der Waals surface area contributed by atoms with Crippen molar-refractivity contribution in [2.75, 3.05) is 7.11 Å². The van der Waals surface area contributed by atoms with Gasteiger partial charge in [0.25, 0.3) is 0 Å². The number of nitrogens with zero attached hydrogens (tertiary/aromatic N) is 1. The summed E-state index contributed by atoms with van der Waals surface area (Å²) in [5.74, 6) is -0.683. The number of esters is 1. The van der Waals surface area contributed by atoms with Crippen LogP contribution in [0.15, 0.2) is 24.4 Å². The number of aromatic nitrogens is 2. The first-order chi connectivity index (χ1) is 7.24. The van der Waals surface area contributed by atoms with Gasteiger partial charge in [-0.15, -0.1) is 0 Å². The van der Waals surface area contributed by atoms with Crippen LogP contribution in [0, 0.1) is 0 Å². The summed E-state index contributed by atoms with van der Waals surface area (Å²) in [7, 11) is 1.23. The summed E-state index contributed by atoms with van der Waals surface area (Å²) >= 11 is 0. The fourth-order valence-electron chi connectivity index (χ4n) is 1.46. The molecule has 5 nitrogen and oxygen atoms in total. The fourth-order valence-corrected chi connectivity index (χ4v) is 1.46. The molecular weight excluding hydrogens is 196 g/mol. The zero-order chi connectivity index (χ0) is 10.8. The topological polar surface area (TPSA) is 75.2 Å². The third-order valence-electron chi connectivity index (χ3n) is 2.23. The Balaban J connectivity index is 2.51. The van der Waals surface area contributed by atoms with Crippen molar-refractivity contribution in [1.29, 1.82) is 0 Å². The molecule has 1 heterocycles. The third-order valence-corrected chi connectivity index (χ3v) is 2.23. The maximum atomic E-state index is 11.2. The molecule has 15 heavy (non-hydrogen) atoms. The Labute approximate surface area is 85.7 Å². The smallest absolute Gasteiger partial charge is 0.339 e. The summed E-state index contributed by atoms with van der Waals surface area (Å²) in [5.41, 5.74) is 1.12. The predicted molar refractivity (Wildman–Crippen MR) is 53.1 cm³/mol. The van der Waals surface area contributed by atoms with E-state index in [-0.39, 0.29) is 0 Å². The number of nitrogens with one attached hydrogen (secondary N) is 1. The molecule has 0 spiro atoms. The Morgan fingerprint density at radius 2 is 2.40 bits per heavy atom. The molecule has 0 radical (unpaired) electrons. The van der Waals surface area contributed by atoms with E-state index in [9.17, 15) is 9.90 Å². The van der Waals surface area contributed by atoms with Crippen LogP contribution >= 0.6 is 0 Å². The Bertz CT molecular complexity index is 492. The van der Waals surface area contributed by atoms with E-state index in [1.807, 2.05) is 6.07 Å². The minimum atomic E-state index is -1.28. The summed E-state index contributed by atoms with van der Waals surface area (Å²) < 4.78 is 4.47. The van der Waals surface area contributed by atoms with Gasteiger partial charge in [-0.2, -0.15) is 5.10 Å². The minimum absolute atomic E-state index is 0.469. The lowest BCUT2D eigenvalue weighted by Crippen LogP contribution is -2.13. The molecule has 0 aliphatic carbocycles. The summed E-state index contributed by atoms with van der Waals surface area (Å²) in [6, 6.07) is 5.24. The van der Waals surface area contributed by atoms with Gasteiger partial charge >= 0.3 is 5.97 Å². The van der Waals surface area contributed by atoms with E-state index >= 15 is 0 Å². The zero-order valence-corrected chi connectivity index (χ0v) is 8.10. The van der Waals surface area contributed by atoms with Crippen molar-refractivity contribution in [2.45, 2.75) is 6.10 Å². The van der Waals surface area contributed by atoms with Gasteiger partial charge in [0.2, 0.25) is 0 Å². The van der Waals surface area contributed by atoms with Crippen LogP contribution < -0.4 is 0 Å². The second kappa shape index (κ2) is 3.70. The molecule has 1 unspecified atom stereocenters. The van der Waals surface area contributed by atoms with Gasteiger partial charge in [-0.3, -0.25) is 5.10 Å². The third kappa shape index (κ3) is 1.57. The zero-order valence-electron chi connectivity index (χ0n) is 8.10. The van der Waals surface area contributed by atoms with Crippen molar-refractivity contribution in [3.8, 4) is 0 Å². The number of aromatic amines is 1. The molecule has 78 valence electrons. The fraction of sp³-hybridized carbons (Fsp3) is 0.200. The van der Waals surface area contributed by atoms with Gasteiger partial charge in [-0.05, 0) is 0 Å². The SMILES string of the molecule is COC(=O)C(O)c1cccc2cn[nH]c12. The van der Waals surface area contributed by atoms with Crippen LogP contribution in [-0.4, -0.2) is 28.4 Å². The van der Waals surface area contributed by atoms with E-state index < -0.39 is 12.1 Å². The maximum Gasteiger partial charge on any atom is 0.339 e. The highest BCUT2D eigenvalue weighted by atomic mass is 16.5. The van der Waals surface area contributed by atoms with E-state index in [1.165, 1.54) is 7.11 Å². The molecular formula is C10H10N2O3. The standard InChI is InChI=1S/C10H10N2O3/c1-15-10(14)9(13)7-4-2-3-6-5-11-12-8(6)7/h2-5,9,13H,1H3,(H,11,12). The number of carbonyl (C=O) groups is 1. The number of methoxy groups -OCH3 is 1. The quantitative estimate of drug-likeness (QED) is 0.711. The van der Waals surface area contributed by atoms with E-state index in [0.29, 0.717) is 11.1 Å². The normalized spacial score (nSPS) is 12.7. The number of rotatable bonds is 2. The lowest BCUT2D eigenvalue weighted by molar-refractivity contribution is -0.150. The minimum Gasteiger partial charge on any atom is -0.467 e. The van der Waals surface area contributed by atoms with Gasteiger partial charge in [0.1, 0.15) is 0 Å². The van der Waals surface area contributed by atoms with E-state index in [4.69, 9.17) is 0 Å². The van der Waals surface area contributed by atoms with Gasteiger partial charge < -0.3 is 9.84 Å². The maximum absolute atomic E-state index is 11.2. The van der Waals surface area contributed by atoms with Crippen LogP contribution in [0.25, 0.3) is 10.9 Å². The van der Waals surface area contributed by atoms with Crippen molar-refractivity contribution in [1.82, 2.24) is 10.2 Å². The number of ether oxygens (including phenoxy) is 1. The first-order valence-electron chi connectivity index (χ1n) is 4.42.